The molecule has 5 rings (SSSR count). The van der Waals surface area contributed by atoms with Crippen molar-refractivity contribution in [2.24, 2.45) is 17.8 Å². The Labute approximate surface area is 166 Å². The number of amides is 2. The smallest absolute Gasteiger partial charge is 0.269 e. The van der Waals surface area contributed by atoms with Crippen molar-refractivity contribution in [1.82, 2.24) is 15.2 Å². The molecule has 0 aromatic carbocycles. The third kappa shape index (κ3) is 3.02. The Kier molecular flexibility index (Phi) is 4.62. The lowest BCUT2D eigenvalue weighted by Gasteiger charge is -2.29. The molecule has 28 heavy (non-hydrogen) atoms. The molecule has 1 aliphatic carbocycles. The van der Waals surface area contributed by atoms with E-state index in [0.717, 1.165) is 38.8 Å². The van der Waals surface area contributed by atoms with Gasteiger partial charge in [-0.05, 0) is 37.8 Å². The van der Waals surface area contributed by atoms with E-state index in [1.54, 1.807) is 18.3 Å². The van der Waals surface area contributed by atoms with E-state index in [0.29, 0.717) is 24.1 Å². The summed E-state index contributed by atoms with van der Waals surface area (Å²) >= 11 is 0. The number of aromatic nitrogens is 1. The molecule has 4 fully saturated rings. The highest BCUT2D eigenvalue weighted by Gasteiger charge is 2.63. The molecule has 3 saturated heterocycles. The fourth-order valence-corrected chi connectivity index (χ4v) is 6.04. The number of nitrogens with zero attached hydrogens (tertiary/aromatic N) is 2. The fraction of sp³-hybridized carbons (Fsp3) is 0.682. The van der Waals surface area contributed by atoms with E-state index in [-0.39, 0.29) is 29.4 Å². The number of carbonyl (C=O) groups excluding carboxylic acids is 2. The maximum Gasteiger partial charge on any atom is 0.269 e. The predicted octanol–water partition coefficient (Wildman–Crippen LogP) is 2.40. The second-order valence-electron chi connectivity index (χ2n) is 9.01. The van der Waals surface area contributed by atoms with Crippen molar-refractivity contribution in [2.45, 2.75) is 56.7 Å². The first-order chi connectivity index (χ1) is 13.7. The molecule has 1 spiro atoms. The van der Waals surface area contributed by atoms with Crippen LogP contribution in [0.2, 0.25) is 0 Å². The van der Waals surface area contributed by atoms with Crippen molar-refractivity contribution in [1.29, 1.82) is 0 Å². The molecule has 4 atom stereocenters. The van der Waals surface area contributed by atoms with Crippen LogP contribution in [0.25, 0.3) is 0 Å². The van der Waals surface area contributed by atoms with Gasteiger partial charge >= 0.3 is 0 Å². The molecule has 1 saturated carbocycles. The Morgan fingerprint density at radius 1 is 1.21 bits per heavy atom. The molecular formula is C22H29N3O3. The lowest BCUT2D eigenvalue weighted by Crippen LogP contribution is -2.42. The average molecular weight is 383 g/mol. The van der Waals surface area contributed by atoms with E-state index in [2.05, 4.69) is 15.2 Å². The van der Waals surface area contributed by atoms with Crippen LogP contribution in [0.4, 0.5) is 0 Å². The molecule has 4 heterocycles. The number of carbonyl (C=O) groups is 2. The minimum Gasteiger partial charge on any atom is -0.369 e. The van der Waals surface area contributed by atoms with Crippen molar-refractivity contribution in [3.05, 3.63) is 30.1 Å². The number of ether oxygens (including phenoxy) is 1. The van der Waals surface area contributed by atoms with Crippen LogP contribution in [0, 0.1) is 17.8 Å². The Balaban J connectivity index is 1.24. The van der Waals surface area contributed by atoms with Crippen molar-refractivity contribution in [2.75, 3.05) is 19.6 Å². The molecule has 1 aromatic heterocycles. The van der Waals surface area contributed by atoms with Gasteiger partial charge < -0.3 is 15.0 Å². The molecule has 3 aliphatic heterocycles. The molecule has 150 valence electrons. The molecule has 0 radical (unpaired) electrons. The molecule has 6 nitrogen and oxygen atoms in total. The summed E-state index contributed by atoms with van der Waals surface area (Å²) in [6.07, 6.45) is 9.63. The Morgan fingerprint density at radius 2 is 2.07 bits per heavy atom. The molecule has 6 heteroatoms. The van der Waals surface area contributed by atoms with E-state index >= 15 is 0 Å². The largest absolute Gasteiger partial charge is 0.369 e. The number of rotatable bonds is 4. The van der Waals surface area contributed by atoms with Gasteiger partial charge in [-0.15, -0.1) is 0 Å². The summed E-state index contributed by atoms with van der Waals surface area (Å²) in [6, 6.07) is 5.36. The summed E-state index contributed by atoms with van der Waals surface area (Å²) in [5, 5.41) is 3.06. The maximum absolute atomic E-state index is 13.1. The summed E-state index contributed by atoms with van der Waals surface area (Å²) in [5.74, 6) is 1.04. The molecule has 2 bridgehead atoms. The quantitative estimate of drug-likeness (QED) is 0.867. The standard InChI is InChI=1S/C22H29N3O3/c26-20(18-8-4-5-11-23-18)24-12-16-17-13-25(14-22(17)10-9-19(16)28-22)21(27)15-6-2-1-3-7-15/h4-5,8,11,15-17,19H,1-3,6-7,9-10,12-14H2,(H,24,26)/t16-,17+,19+,22+/m0/s1. The van der Waals surface area contributed by atoms with E-state index in [9.17, 15) is 9.59 Å². The number of fused-ring (bicyclic) bond motifs is 1. The maximum atomic E-state index is 13.1. The first kappa shape index (κ1) is 18.1. The van der Waals surface area contributed by atoms with Gasteiger partial charge in [-0.25, -0.2) is 0 Å². The summed E-state index contributed by atoms with van der Waals surface area (Å²) in [5.41, 5.74) is 0.275. The third-order valence-corrected chi connectivity index (χ3v) is 7.45. The van der Waals surface area contributed by atoms with E-state index in [1.807, 2.05) is 6.07 Å². The van der Waals surface area contributed by atoms with Crippen LogP contribution >= 0.6 is 0 Å². The number of nitrogens with one attached hydrogen (secondary N) is 1. The topological polar surface area (TPSA) is 71.5 Å². The van der Waals surface area contributed by atoms with Crippen LogP contribution in [0.5, 0.6) is 0 Å². The summed E-state index contributed by atoms with van der Waals surface area (Å²) < 4.78 is 6.44. The lowest BCUT2D eigenvalue weighted by molar-refractivity contribution is -0.137. The van der Waals surface area contributed by atoms with E-state index in [4.69, 9.17) is 4.74 Å². The summed E-state index contributed by atoms with van der Waals surface area (Å²) in [7, 11) is 0. The van der Waals surface area contributed by atoms with Gasteiger partial charge in [0.05, 0.1) is 18.2 Å². The fourth-order valence-electron chi connectivity index (χ4n) is 6.04. The number of likely N-dealkylation sites (tertiary alicyclic amines) is 1. The van der Waals surface area contributed by atoms with Crippen LogP contribution in [0.1, 0.15) is 55.4 Å². The van der Waals surface area contributed by atoms with Crippen LogP contribution in [0.3, 0.4) is 0 Å². The number of hydrogen-bond donors (Lipinski definition) is 1. The zero-order valence-electron chi connectivity index (χ0n) is 16.3. The Bertz CT molecular complexity index is 749. The minimum absolute atomic E-state index is 0.134. The van der Waals surface area contributed by atoms with Gasteiger partial charge in [-0.3, -0.25) is 14.6 Å². The van der Waals surface area contributed by atoms with Gasteiger partial charge in [-0.1, -0.05) is 25.3 Å². The lowest BCUT2D eigenvalue weighted by atomic mass is 9.73. The normalized spacial score (nSPS) is 34.4. The predicted molar refractivity (Wildman–Crippen MR) is 104 cm³/mol. The molecule has 1 N–H and O–H groups in total. The molecule has 4 aliphatic rings. The van der Waals surface area contributed by atoms with Crippen LogP contribution in [-0.4, -0.2) is 53.0 Å². The summed E-state index contributed by atoms with van der Waals surface area (Å²) in [6.45, 7) is 2.13. The van der Waals surface area contributed by atoms with Gasteiger partial charge in [0.15, 0.2) is 0 Å². The monoisotopic (exact) mass is 383 g/mol. The first-order valence-corrected chi connectivity index (χ1v) is 10.8. The highest BCUT2D eigenvalue weighted by atomic mass is 16.5. The SMILES string of the molecule is O=C(NC[C@H]1[C@H]2CN(C(=O)C3CCCCC3)C[C@]23CC[C@H]1O3)c1ccccn1. The van der Waals surface area contributed by atoms with Crippen molar-refractivity contribution < 1.29 is 14.3 Å². The van der Waals surface area contributed by atoms with Crippen molar-refractivity contribution in [3.8, 4) is 0 Å². The highest BCUT2D eigenvalue weighted by molar-refractivity contribution is 5.92. The van der Waals surface area contributed by atoms with Crippen LogP contribution < -0.4 is 5.32 Å². The minimum atomic E-state index is -0.171. The van der Waals surface area contributed by atoms with Crippen LogP contribution in [0.15, 0.2) is 24.4 Å². The second-order valence-corrected chi connectivity index (χ2v) is 9.01. The summed E-state index contributed by atoms with van der Waals surface area (Å²) in [4.78, 5) is 31.7. The second kappa shape index (κ2) is 7.14. The van der Waals surface area contributed by atoms with E-state index < -0.39 is 0 Å². The molecule has 0 unspecified atom stereocenters. The van der Waals surface area contributed by atoms with Crippen LogP contribution in [-0.2, 0) is 9.53 Å². The Hall–Kier alpha value is -1.95. The van der Waals surface area contributed by atoms with Crippen molar-refractivity contribution in [3.63, 3.8) is 0 Å². The molecule has 1 aromatic rings. The third-order valence-electron chi connectivity index (χ3n) is 7.45. The molecule has 2 amide bonds. The highest BCUT2D eigenvalue weighted by Crippen LogP contribution is 2.55. The zero-order valence-corrected chi connectivity index (χ0v) is 16.3. The van der Waals surface area contributed by atoms with E-state index in [1.165, 1.54) is 19.3 Å². The van der Waals surface area contributed by atoms with Gasteiger partial charge in [0.25, 0.3) is 5.91 Å². The first-order valence-electron chi connectivity index (χ1n) is 10.8. The Morgan fingerprint density at radius 3 is 2.86 bits per heavy atom. The molecular weight excluding hydrogens is 354 g/mol. The van der Waals surface area contributed by atoms with Gasteiger partial charge in [0, 0.05) is 37.0 Å². The average Bonchev–Trinajstić information content (AvgIpc) is 3.41. The van der Waals surface area contributed by atoms with Gasteiger partial charge in [-0.2, -0.15) is 0 Å². The number of hydrogen-bond acceptors (Lipinski definition) is 4. The van der Waals surface area contributed by atoms with Gasteiger partial charge in [0.2, 0.25) is 5.91 Å². The number of pyridine rings is 1. The van der Waals surface area contributed by atoms with Crippen molar-refractivity contribution >= 4 is 11.8 Å². The zero-order chi connectivity index (χ0) is 19.1. The van der Waals surface area contributed by atoms with Gasteiger partial charge in [0.1, 0.15) is 5.69 Å².